The number of rotatable bonds is 2. The molecule has 0 spiro atoms. The van der Waals surface area contributed by atoms with E-state index in [0.29, 0.717) is 0 Å². The maximum atomic E-state index is 12.7. The summed E-state index contributed by atoms with van der Waals surface area (Å²) < 4.78 is 49.3. The third-order valence-electron chi connectivity index (χ3n) is 3.65. The minimum atomic E-state index is -4.29. The van der Waals surface area contributed by atoms with Gasteiger partial charge in [0.1, 0.15) is 0 Å². The molecule has 1 saturated heterocycles. The predicted molar refractivity (Wildman–Crippen MR) is 67.2 cm³/mol. The van der Waals surface area contributed by atoms with Crippen LogP contribution in [0.5, 0.6) is 0 Å². The molecule has 104 valence electrons. The van der Waals surface area contributed by atoms with Crippen molar-refractivity contribution in [3.8, 4) is 0 Å². The molecular weight excluding hydrogens is 256 g/mol. The number of halogens is 3. The van der Waals surface area contributed by atoms with Crippen LogP contribution in [-0.2, 0) is 9.31 Å². The fourth-order valence-electron chi connectivity index (χ4n) is 2.18. The van der Waals surface area contributed by atoms with Crippen LogP contribution in [0.15, 0.2) is 30.3 Å². The fraction of sp³-hybridized carbons (Fsp3) is 0.538. The van der Waals surface area contributed by atoms with Crippen molar-refractivity contribution >= 4 is 12.6 Å². The van der Waals surface area contributed by atoms with Crippen molar-refractivity contribution < 1.29 is 22.5 Å². The summed E-state index contributed by atoms with van der Waals surface area (Å²) in [6.07, 6.45) is -5.32. The first-order valence-corrected chi connectivity index (χ1v) is 6.10. The van der Waals surface area contributed by atoms with E-state index < -0.39 is 30.9 Å². The van der Waals surface area contributed by atoms with Gasteiger partial charge in [-0.1, -0.05) is 30.3 Å². The largest absolute Gasteiger partial charge is 0.494 e. The van der Waals surface area contributed by atoms with Crippen LogP contribution < -0.4 is 5.46 Å². The van der Waals surface area contributed by atoms with Gasteiger partial charge in [-0.3, -0.25) is 0 Å². The van der Waals surface area contributed by atoms with Crippen LogP contribution in [0.3, 0.4) is 0 Å². The van der Waals surface area contributed by atoms with E-state index in [1.807, 2.05) is 6.07 Å². The van der Waals surface area contributed by atoms with Gasteiger partial charge in [0.05, 0.1) is 17.6 Å². The normalized spacial score (nSPS) is 26.7. The van der Waals surface area contributed by atoms with Gasteiger partial charge in [-0.25, -0.2) is 0 Å². The van der Waals surface area contributed by atoms with Crippen LogP contribution in [0.25, 0.3) is 0 Å². The number of hydrogen-bond donors (Lipinski definition) is 0. The zero-order chi connectivity index (χ0) is 14.3. The monoisotopic (exact) mass is 272 g/mol. The summed E-state index contributed by atoms with van der Waals surface area (Å²) in [5.74, 6) is 0. The molecule has 1 atom stereocenters. The fourth-order valence-corrected chi connectivity index (χ4v) is 2.18. The van der Waals surface area contributed by atoms with Crippen LogP contribution in [0, 0.1) is 0 Å². The molecule has 0 radical (unpaired) electrons. The van der Waals surface area contributed by atoms with Crippen LogP contribution in [-0.4, -0.2) is 24.5 Å². The van der Waals surface area contributed by atoms with Crippen LogP contribution in [0.2, 0.25) is 0 Å². The van der Waals surface area contributed by atoms with Gasteiger partial charge in [0.25, 0.3) is 0 Å². The lowest BCUT2D eigenvalue weighted by atomic mass is 9.79. The summed E-state index contributed by atoms with van der Waals surface area (Å²) in [6.45, 7) is 4.70. The van der Waals surface area contributed by atoms with Crippen molar-refractivity contribution in [3.63, 3.8) is 0 Å². The summed E-state index contributed by atoms with van der Waals surface area (Å²) in [5, 5.41) is 0. The maximum Gasteiger partial charge on any atom is 0.494 e. The van der Waals surface area contributed by atoms with E-state index in [0.717, 1.165) is 5.46 Å². The topological polar surface area (TPSA) is 18.5 Å². The second-order valence-corrected chi connectivity index (χ2v) is 5.51. The molecule has 19 heavy (non-hydrogen) atoms. The average molecular weight is 272 g/mol. The molecule has 2 nitrogen and oxygen atoms in total. The molecular formula is C13H16BF3O2. The van der Waals surface area contributed by atoms with Gasteiger partial charge in [-0.2, -0.15) is 13.2 Å². The molecule has 0 bridgehead atoms. The predicted octanol–water partition coefficient (Wildman–Crippen LogP) is 2.92. The first-order chi connectivity index (χ1) is 8.63. The maximum absolute atomic E-state index is 12.7. The minimum Gasteiger partial charge on any atom is -0.399 e. The van der Waals surface area contributed by atoms with E-state index in [-0.39, 0.29) is 0 Å². The smallest absolute Gasteiger partial charge is 0.399 e. The molecule has 0 saturated carbocycles. The second kappa shape index (κ2) is 4.53. The third kappa shape index (κ3) is 2.95. The molecule has 0 aromatic heterocycles. The highest BCUT2D eigenvalue weighted by Crippen LogP contribution is 2.43. The Balaban J connectivity index is 2.24. The Morgan fingerprint density at radius 3 is 2.16 bits per heavy atom. The minimum absolute atomic E-state index is 0.724. The van der Waals surface area contributed by atoms with Gasteiger partial charge in [-0.15, -0.1) is 0 Å². The molecule has 6 heteroatoms. The molecule has 0 amide bonds. The molecule has 0 aliphatic carbocycles. The molecule has 1 aliphatic rings. The zero-order valence-corrected chi connectivity index (χ0v) is 11.1. The lowest BCUT2D eigenvalue weighted by Gasteiger charge is -2.36. The van der Waals surface area contributed by atoms with Crippen molar-refractivity contribution in [1.82, 2.24) is 0 Å². The molecule has 1 unspecified atom stereocenters. The zero-order valence-electron chi connectivity index (χ0n) is 11.1. The van der Waals surface area contributed by atoms with E-state index in [2.05, 4.69) is 0 Å². The highest BCUT2D eigenvalue weighted by Gasteiger charge is 2.58. The quantitative estimate of drug-likeness (QED) is 0.771. The van der Waals surface area contributed by atoms with Gasteiger partial charge in [0.2, 0.25) is 0 Å². The molecule has 2 rings (SSSR count). The van der Waals surface area contributed by atoms with Crippen molar-refractivity contribution in [2.24, 2.45) is 0 Å². The Bertz CT molecular complexity index is 447. The summed E-state index contributed by atoms with van der Waals surface area (Å²) in [7, 11) is -0.761. The molecule has 1 aromatic rings. The van der Waals surface area contributed by atoms with Gasteiger partial charge in [0, 0.05) is 0 Å². The SMILES string of the molecule is CC1(C)OB(c2ccccc2)OC1(C)CC(F)(F)F. The first-order valence-electron chi connectivity index (χ1n) is 6.10. The number of alkyl halides is 3. The molecule has 0 N–H and O–H groups in total. The van der Waals surface area contributed by atoms with Gasteiger partial charge < -0.3 is 9.31 Å². The second-order valence-electron chi connectivity index (χ2n) is 5.51. The van der Waals surface area contributed by atoms with Crippen LogP contribution in [0.4, 0.5) is 13.2 Å². The van der Waals surface area contributed by atoms with Crippen molar-refractivity contribution in [2.75, 3.05) is 0 Å². The van der Waals surface area contributed by atoms with Crippen molar-refractivity contribution in [3.05, 3.63) is 30.3 Å². The van der Waals surface area contributed by atoms with E-state index in [4.69, 9.17) is 9.31 Å². The Morgan fingerprint density at radius 2 is 1.63 bits per heavy atom. The highest BCUT2D eigenvalue weighted by molar-refractivity contribution is 6.62. The molecule has 1 aliphatic heterocycles. The average Bonchev–Trinajstić information content (AvgIpc) is 2.48. The highest BCUT2D eigenvalue weighted by atomic mass is 19.4. The summed E-state index contributed by atoms with van der Waals surface area (Å²) in [5.41, 5.74) is -1.68. The van der Waals surface area contributed by atoms with E-state index in [9.17, 15) is 13.2 Å². The Hall–Kier alpha value is -1.01. The lowest BCUT2D eigenvalue weighted by Crippen LogP contribution is -2.47. The Morgan fingerprint density at radius 1 is 1.05 bits per heavy atom. The Labute approximate surface area is 111 Å². The van der Waals surface area contributed by atoms with Gasteiger partial charge in [-0.05, 0) is 26.2 Å². The van der Waals surface area contributed by atoms with Gasteiger partial charge in [0.15, 0.2) is 0 Å². The van der Waals surface area contributed by atoms with Gasteiger partial charge >= 0.3 is 13.3 Å². The van der Waals surface area contributed by atoms with E-state index in [1.54, 1.807) is 38.1 Å². The lowest BCUT2D eigenvalue weighted by molar-refractivity contribution is -0.181. The van der Waals surface area contributed by atoms with Crippen LogP contribution in [0.1, 0.15) is 27.2 Å². The van der Waals surface area contributed by atoms with E-state index in [1.165, 1.54) is 6.92 Å². The Kier molecular flexibility index (Phi) is 3.43. The van der Waals surface area contributed by atoms with E-state index >= 15 is 0 Å². The molecule has 1 fully saturated rings. The van der Waals surface area contributed by atoms with Crippen molar-refractivity contribution in [2.45, 2.75) is 44.6 Å². The number of hydrogen-bond acceptors (Lipinski definition) is 2. The standard InChI is InChI=1S/C13H16BF3O2/c1-11(2)12(3,9-13(15,16)17)19-14(18-11)10-7-5-4-6-8-10/h4-8H,9H2,1-3H3. The summed E-state index contributed by atoms with van der Waals surface area (Å²) in [4.78, 5) is 0. The van der Waals surface area contributed by atoms with Crippen LogP contribution >= 0.6 is 0 Å². The number of benzene rings is 1. The van der Waals surface area contributed by atoms with Crippen molar-refractivity contribution in [1.29, 1.82) is 0 Å². The summed E-state index contributed by atoms with van der Waals surface area (Å²) in [6, 6.07) is 8.99. The summed E-state index contributed by atoms with van der Waals surface area (Å²) >= 11 is 0. The third-order valence-corrected chi connectivity index (χ3v) is 3.65. The first kappa shape index (κ1) is 14.4. The molecule has 1 aromatic carbocycles. The molecule has 1 heterocycles.